The molecule has 12 heavy (non-hydrogen) atoms. The van der Waals surface area contributed by atoms with Crippen molar-refractivity contribution >= 4 is 22.7 Å². The van der Waals surface area contributed by atoms with Gasteiger partial charge in [-0.15, -0.1) is 0 Å². The number of hydrogen-bond donors (Lipinski definition) is 3. The number of carboxylic acids is 2. The molecule has 0 spiro atoms. The highest BCUT2D eigenvalue weighted by Gasteiger charge is 2.42. The summed E-state index contributed by atoms with van der Waals surface area (Å²) in [5.41, 5.74) is 0. The fraction of sp³-hybridized carbons (Fsp3) is 0.600. The summed E-state index contributed by atoms with van der Waals surface area (Å²) in [5, 5.41) is 25.6. The Hall–Kier alpha value is -0.950. The van der Waals surface area contributed by atoms with Gasteiger partial charge in [0.15, 0.2) is 0 Å². The number of hydrogen-bond acceptors (Lipinski definition) is 4. The fourth-order valence-electron chi connectivity index (χ4n) is 0.505. The van der Waals surface area contributed by atoms with Gasteiger partial charge in [-0.1, -0.05) is 0 Å². The molecule has 0 aliphatic rings. The second-order valence-electron chi connectivity index (χ2n) is 2.11. The zero-order chi connectivity index (χ0) is 9.94. The quantitative estimate of drug-likeness (QED) is 0.510. The lowest BCUT2D eigenvalue weighted by Crippen LogP contribution is -2.44. The van der Waals surface area contributed by atoms with Crippen molar-refractivity contribution in [3.05, 3.63) is 0 Å². The molecule has 0 fully saturated rings. The van der Waals surface area contributed by atoms with E-state index in [2.05, 4.69) is 0 Å². The Bertz CT molecular complexity index is 220. The minimum atomic E-state index is -2.69. The van der Waals surface area contributed by atoms with Crippen molar-refractivity contribution < 1.29 is 29.1 Å². The third kappa shape index (κ3) is 2.28. The minimum absolute atomic E-state index is 0.928. The SMILES string of the molecule is CS(=O)C(O)(CC(=O)O)C(=O)O. The zero-order valence-electron chi connectivity index (χ0n) is 6.18. The van der Waals surface area contributed by atoms with Gasteiger partial charge in [-0.05, 0) is 0 Å². The predicted molar refractivity (Wildman–Crippen MR) is 38.9 cm³/mol. The molecular weight excluding hydrogens is 188 g/mol. The van der Waals surface area contributed by atoms with E-state index in [0.717, 1.165) is 6.26 Å². The molecule has 0 aliphatic heterocycles. The van der Waals surface area contributed by atoms with Gasteiger partial charge in [-0.25, -0.2) is 4.79 Å². The lowest BCUT2D eigenvalue weighted by molar-refractivity contribution is -0.156. The van der Waals surface area contributed by atoms with Crippen LogP contribution in [0.3, 0.4) is 0 Å². The number of aliphatic hydroxyl groups is 1. The van der Waals surface area contributed by atoms with Crippen LogP contribution in [0.1, 0.15) is 6.42 Å². The van der Waals surface area contributed by atoms with Gasteiger partial charge in [0.05, 0.1) is 17.2 Å². The summed E-state index contributed by atoms with van der Waals surface area (Å²) in [7, 11) is -2.14. The van der Waals surface area contributed by atoms with Gasteiger partial charge in [-0.2, -0.15) is 0 Å². The van der Waals surface area contributed by atoms with Crippen LogP contribution in [-0.4, -0.2) is 42.7 Å². The number of carboxylic acid groups (broad SMARTS) is 2. The monoisotopic (exact) mass is 196 g/mol. The fourth-order valence-corrected chi connectivity index (χ4v) is 1.08. The molecule has 0 aromatic carbocycles. The van der Waals surface area contributed by atoms with Crippen LogP contribution in [-0.2, 0) is 20.4 Å². The summed E-state index contributed by atoms with van der Waals surface area (Å²) in [4.78, 5) is 17.7. The summed E-state index contributed by atoms with van der Waals surface area (Å²) < 4.78 is 10.7. The minimum Gasteiger partial charge on any atom is -0.481 e. The predicted octanol–water partition coefficient (Wildman–Crippen LogP) is -1.39. The van der Waals surface area contributed by atoms with E-state index in [4.69, 9.17) is 15.3 Å². The molecule has 70 valence electrons. The molecule has 6 nitrogen and oxygen atoms in total. The standard InChI is InChI=1S/C5H8O6S/c1-12(11)5(10,4(8)9)2-3(6)7/h10H,2H2,1H3,(H,6,7)(H,8,9). The highest BCUT2D eigenvalue weighted by Crippen LogP contribution is 2.14. The molecule has 0 saturated carbocycles. The maximum absolute atomic E-state index is 10.7. The Morgan fingerprint density at radius 2 is 1.83 bits per heavy atom. The van der Waals surface area contributed by atoms with Crippen molar-refractivity contribution in [3.8, 4) is 0 Å². The van der Waals surface area contributed by atoms with Crippen LogP contribution in [0.15, 0.2) is 0 Å². The van der Waals surface area contributed by atoms with Crippen LogP contribution in [0.2, 0.25) is 0 Å². The van der Waals surface area contributed by atoms with Crippen LogP contribution in [0.4, 0.5) is 0 Å². The Labute approximate surface area is 70.3 Å². The number of carbonyl (C=O) groups is 2. The molecule has 0 bridgehead atoms. The van der Waals surface area contributed by atoms with Crippen LogP contribution < -0.4 is 0 Å². The first-order chi connectivity index (χ1) is 5.30. The summed E-state index contributed by atoms with van der Waals surface area (Å²) in [6, 6.07) is 0. The molecule has 0 aromatic rings. The van der Waals surface area contributed by atoms with E-state index < -0.39 is 34.1 Å². The summed E-state index contributed by atoms with van der Waals surface area (Å²) in [6.45, 7) is 0. The molecular formula is C5H8O6S. The summed E-state index contributed by atoms with van der Waals surface area (Å²) in [6.07, 6.45) is -0.150. The van der Waals surface area contributed by atoms with Crippen LogP contribution in [0.25, 0.3) is 0 Å². The topological polar surface area (TPSA) is 112 Å². The highest BCUT2D eigenvalue weighted by molar-refractivity contribution is 7.86. The molecule has 0 heterocycles. The Balaban J connectivity index is 4.75. The molecule has 2 atom stereocenters. The van der Waals surface area contributed by atoms with E-state index in [1.807, 2.05) is 0 Å². The van der Waals surface area contributed by atoms with Gasteiger partial charge in [0.1, 0.15) is 0 Å². The van der Waals surface area contributed by atoms with Crippen molar-refractivity contribution in [1.29, 1.82) is 0 Å². The van der Waals surface area contributed by atoms with Gasteiger partial charge in [-0.3, -0.25) is 9.00 Å². The molecule has 0 radical (unpaired) electrons. The van der Waals surface area contributed by atoms with E-state index >= 15 is 0 Å². The van der Waals surface area contributed by atoms with Gasteiger partial charge in [0.2, 0.25) is 4.93 Å². The lowest BCUT2D eigenvalue weighted by atomic mass is 10.2. The first-order valence-electron chi connectivity index (χ1n) is 2.82. The maximum Gasteiger partial charge on any atom is 0.349 e. The first-order valence-corrected chi connectivity index (χ1v) is 4.37. The molecule has 0 saturated heterocycles. The van der Waals surface area contributed by atoms with E-state index in [1.54, 1.807) is 0 Å². The summed E-state index contributed by atoms with van der Waals surface area (Å²) in [5.74, 6) is -3.32. The van der Waals surface area contributed by atoms with Gasteiger partial charge in [0, 0.05) is 6.26 Å². The second-order valence-corrected chi connectivity index (χ2v) is 3.70. The Morgan fingerprint density at radius 1 is 1.42 bits per heavy atom. The molecule has 2 unspecified atom stereocenters. The van der Waals surface area contributed by atoms with Crippen molar-refractivity contribution in [2.75, 3.05) is 6.26 Å². The Kier molecular flexibility index (Phi) is 3.35. The highest BCUT2D eigenvalue weighted by atomic mass is 32.2. The van der Waals surface area contributed by atoms with Gasteiger partial charge in [0.25, 0.3) is 0 Å². The largest absolute Gasteiger partial charge is 0.481 e. The van der Waals surface area contributed by atoms with Crippen molar-refractivity contribution in [2.45, 2.75) is 11.4 Å². The van der Waals surface area contributed by atoms with Crippen LogP contribution in [0.5, 0.6) is 0 Å². The number of aliphatic carboxylic acids is 2. The average Bonchev–Trinajstić information content (AvgIpc) is 1.84. The van der Waals surface area contributed by atoms with E-state index in [9.17, 15) is 13.8 Å². The molecule has 0 aliphatic carbocycles. The molecule has 3 N–H and O–H groups in total. The van der Waals surface area contributed by atoms with E-state index in [-0.39, 0.29) is 0 Å². The lowest BCUT2D eigenvalue weighted by Gasteiger charge is -2.17. The number of rotatable bonds is 4. The third-order valence-electron chi connectivity index (χ3n) is 1.20. The van der Waals surface area contributed by atoms with E-state index in [1.165, 1.54) is 0 Å². The molecule has 0 amide bonds. The zero-order valence-corrected chi connectivity index (χ0v) is 7.00. The molecule has 0 aromatic heterocycles. The normalized spacial score (nSPS) is 17.8. The summed E-state index contributed by atoms with van der Waals surface area (Å²) >= 11 is 0. The van der Waals surface area contributed by atoms with Crippen molar-refractivity contribution in [2.24, 2.45) is 0 Å². The van der Waals surface area contributed by atoms with Gasteiger partial charge >= 0.3 is 11.9 Å². The average molecular weight is 196 g/mol. The van der Waals surface area contributed by atoms with Crippen molar-refractivity contribution in [3.63, 3.8) is 0 Å². The van der Waals surface area contributed by atoms with Crippen LogP contribution in [0, 0.1) is 0 Å². The maximum atomic E-state index is 10.7. The molecule has 7 heteroatoms. The third-order valence-corrected chi connectivity index (χ3v) is 2.47. The first kappa shape index (κ1) is 11.1. The Morgan fingerprint density at radius 3 is 1.92 bits per heavy atom. The second kappa shape index (κ2) is 3.63. The van der Waals surface area contributed by atoms with Crippen LogP contribution >= 0.6 is 0 Å². The van der Waals surface area contributed by atoms with Gasteiger partial charge < -0.3 is 15.3 Å². The van der Waals surface area contributed by atoms with Crippen molar-refractivity contribution in [1.82, 2.24) is 0 Å². The molecule has 0 rings (SSSR count). The van der Waals surface area contributed by atoms with E-state index in [0.29, 0.717) is 0 Å². The smallest absolute Gasteiger partial charge is 0.349 e.